The van der Waals surface area contributed by atoms with Crippen LogP contribution in [0.1, 0.15) is 62.5 Å². The Morgan fingerprint density at radius 2 is 0.885 bits per heavy atom. The van der Waals surface area contributed by atoms with Crippen LogP contribution in [-0.2, 0) is 23.0 Å². The molecule has 8 rings (SSSR count). The Balaban J connectivity index is 0.000000173. The number of hydrogen-bond acceptors (Lipinski definition) is 0. The second-order valence-corrected chi connectivity index (χ2v) is 20.0. The van der Waals surface area contributed by atoms with Gasteiger partial charge in [-0.1, -0.05) is 86.7 Å². The van der Waals surface area contributed by atoms with Gasteiger partial charge in [0.1, 0.15) is 0 Å². The van der Waals surface area contributed by atoms with Crippen molar-refractivity contribution in [3.63, 3.8) is 0 Å². The third-order valence-electron chi connectivity index (χ3n) is 9.45. The Labute approximate surface area is 339 Å². The van der Waals surface area contributed by atoms with Crippen LogP contribution in [0.5, 0.6) is 0 Å². The SMILES string of the molecule is CCC1=[C-]C2=CC=CCC(c3ccccc3)C2=C1.CCC1=[C-]C2=CC=CCC(c3ccccc3)C2=C1.[Cl-].[Cl-].[Hf+2]=[Si](c1ccccc1)c1ccccc1. The van der Waals surface area contributed by atoms with Crippen molar-refractivity contribution in [1.29, 1.82) is 0 Å². The first-order valence-corrected chi connectivity index (χ1v) is 24.8. The maximum absolute atomic E-state index is 3.52. The van der Waals surface area contributed by atoms with Gasteiger partial charge in [0.2, 0.25) is 0 Å². The van der Waals surface area contributed by atoms with Crippen LogP contribution in [0, 0.1) is 12.2 Å². The molecule has 0 fully saturated rings. The number of benzene rings is 4. The van der Waals surface area contributed by atoms with Crippen molar-refractivity contribution in [3.05, 3.63) is 227 Å². The third kappa shape index (κ3) is 10.8. The van der Waals surface area contributed by atoms with E-state index in [0.717, 1.165) is 25.7 Å². The van der Waals surface area contributed by atoms with E-state index in [1.807, 2.05) is 0 Å². The van der Waals surface area contributed by atoms with Gasteiger partial charge in [0, 0.05) is 0 Å². The number of halogens is 2. The molecule has 2 unspecified atom stereocenters. The Kier molecular flexibility index (Phi) is 16.8. The van der Waals surface area contributed by atoms with Crippen LogP contribution in [0.2, 0.25) is 0 Å². The normalized spacial score (nSPS) is 17.8. The summed E-state index contributed by atoms with van der Waals surface area (Å²) in [4.78, 5) is 0. The quantitative estimate of drug-likeness (QED) is 0.193. The molecule has 4 aliphatic rings. The van der Waals surface area contributed by atoms with E-state index in [4.69, 9.17) is 0 Å². The molecule has 0 nitrogen and oxygen atoms in total. The van der Waals surface area contributed by atoms with Crippen LogP contribution < -0.4 is 35.2 Å². The van der Waals surface area contributed by atoms with Crippen molar-refractivity contribution in [2.45, 2.75) is 51.4 Å². The molecule has 0 aliphatic heterocycles. The Morgan fingerprint density at radius 3 is 1.23 bits per heavy atom. The van der Waals surface area contributed by atoms with Gasteiger partial charge in [-0.3, -0.25) is 0 Å². The molecule has 0 radical (unpaired) electrons. The summed E-state index contributed by atoms with van der Waals surface area (Å²) in [6.45, 7) is 4.39. The molecular weight excluding hydrogens is 854 g/mol. The average Bonchev–Trinajstić information content (AvgIpc) is 3.67. The molecule has 4 aliphatic carbocycles. The maximum atomic E-state index is 3.52. The van der Waals surface area contributed by atoms with Crippen LogP contribution in [-0.4, -0.2) is 5.49 Å². The van der Waals surface area contributed by atoms with Gasteiger partial charge < -0.3 is 24.8 Å². The summed E-state index contributed by atoms with van der Waals surface area (Å²) < 4.78 is 0. The number of fused-ring (bicyclic) bond motifs is 2. The molecule has 0 aromatic heterocycles. The van der Waals surface area contributed by atoms with Crippen molar-refractivity contribution in [3.8, 4) is 0 Å². The Morgan fingerprint density at radius 1 is 0.538 bits per heavy atom. The summed E-state index contributed by atoms with van der Waals surface area (Å²) in [6, 6.07) is 43.3. The first-order valence-electron chi connectivity index (χ1n) is 17.9. The fraction of sp³-hybridized carbons (Fsp3) is 0.167. The minimum absolute atomic E-state index is 0. The second kappa shape index (κ2) is 21.2. The molecule has 4 heteroatoms. The molecule has 0 spiro atoms. The average molecular weight is 898 g/mol. The second-order valence-electron chi connectivity index (χ2n) is 12.7. The molecule has 4 aromatic rings. The molecule has 0 saturated heterocycles. The monoisotopic (exact) mass is 898 g/mol. The van der Waals surface area contributed by atoms with Gasteiger partial charge in [-0.2, -0.15) is 34.4 Å². The molecule has 0 saturated carbocycles. The van der Waals surface area contributed by atoms with Gasteiger partial charge >= 0.3 is 99.5 Å². The van der Waals surface area contributed by atoms with Gasteiger partial charge in [-0.05, 0) is 48.6 Å². The third-order valence-corrected chi connectivity index (χ3v) is 17.5. The summed E-state index contributed by atoms with van der Waals surface area (Å²) in [6.07, 6.45) is 29.2. The van der Waals surface area contributed by atoms with Crippen molar-refractivity contribution >= 4 is 15.9 Å². The molecule has 0 N–H and O–H groups in total. The molecule has 52 heavy (non-hydrogen) atoms. The zero-order valence-electron chi connectivity index (χ0n) is 29.9. The first-order chi connectivity index (χ1) is 24.6. The van der Waals surface area contributed by atoms with Gasteiger partial charge in [0.05, 0.1) is 0 Å². The number of hydrogen-bond donors (Lipinski definition) is 0. The predicted molar refractivity (Wildman–Crippen MR) is 210 cm³/mol. The summed E-state index contributed by atoms with van der Waals surface area (Å²) in [5.74, 6) is 0.959. The molecular formula is C48H44Cl2HfSi-2. The summed E-state index contributed by atoms with van der Waals surface area (Å²) in [7, 11) is 0. The first kappa shape index (κ1) is 41.2. The Bertz CT molecular complexity index is 1870. The van der Waals surface area contributed by atoms with E-state index in [-0.39, 0.29) is 24.8 Å². The molecule has 0 amide bonds. The number of allylic oxidation sites excluding steroid dienone is 16. The van der Waals surface area contributed by atoms with Gasteiger partial charge in [-0.15, -0.1) is 47.6 Å². The minimum atomic E-state index is -0.406. The van der Waals surface area contributed by atoms with Crippen LogP contribution in [0.25, 0.3) is 0 Å². The van der Waals surface area contributed by atoms with E-state index in [1.54, 1.807) is 0 Å². The molecule has 4 aromatic carbocycles. The van der Waals surface area contributed by atoms with Gasteiger partial charge in [-0.25, -0.2) is 0 Å². The van der Waals surface area contributed by atoms with Crippen molar-refractivity contribution < 1.29 is 47.8 Å². The summed E-state index contributed by atoms with van der Waals surface area (Å²) in [5, 5.41) is 3.07. The van der Waals surface area contributed by atoms with Gasteiger partial charge in [0.15, 0.2) is 0 Å². The van der Waals surface area contributed by atoms with Crippen LogP contribution in [0.3, 0.4) is 0 Å². The van der Waals surface area contributed by atoms with E-state index < -0.39 is 5.49 Å². The van der Waals surface area contributed by atoms with Gasteiger partial charge in [0.25, 0.3) is 0 Å². The number of rotatable bonds is 6. The van der Waals surface area contributed by atoms with Crippen molar-refractivity contribution in [1.82, 2.24) is 0 Å². The molecule has 0 heterocycles. The van der Waals surface area contributed by atoms with Crippen molar-refractivity contribution in [2.75, 3.05) is 0 Å². The predicted octanol–water partition coefficient (Wildman–Crippen LogP) is 4.82. The molecule has 260 valence electrons. The van der Waals surface area contributed by atoms with E-state index in [0.29, 0.717) is 11.8 Å². The molecule has 2 atom stereocenters. The van der Waals surface area contributed by atoms with E-state index in [1.165, 1.54) is 77.9 Å². The van der Waals surface area contributed by atoms with E-state index in [9.17, 15) is 0 Å². The zero-order chi connectivity index (χ0) is 34.5. The fourth-order valence-electron chi connectivity index (χ4n) is 6.72. The summed E-state index contributed by atoms with van der Waals surface area (Å²) in [5.41, 5.74) is 10.5. The fourth-order valence-corrected chi connectivity index (χ4v) is 11.7. The van der Waals surface area contributed by atoms with E-state index >= 15 is 0 Å². The van der Waals surface area contributed by atoms with Crippen LogP contribution in [0.4, 0.5) is 0 Å². The zero-order valence-corrected chi connectivity index (χ0v) is 36.0. The van der Waals surface area contributed by atoms with E-state index in [2.05, 4.69) is 196 Å². The molecule has 0 bridgehead atoms. The van der Waals surface area contributed by atoms with Crippen LogP contribution in [0.15, 0.2) is 203 Å². The topological polar surface area (TPSA) is 0 Å². The van der Waals surface area contributed by atoms with Crippen LogP contribution >= 0.6 is 0 Å². The van der Waals surface area contributed by atoms with Crippen molar-refractivity contribution in [2.24, 2.45) is 0 Å². The summed E-state index contributed by atoms with van der Waals surface area (Å²) >= 11 is 1.27. The Hall–Kier alpha value is -3.53. The standard InChI is InChI=1S/2C18H17.C12H10Si.2ClH.Hf/c2*1-2-14-12-16-10-6-7-11-17(18(16)13-14)15-8-4-3-5-9-15;1-3-7-11(8-4-1)13-12-9-5-2-6-10-12;;;/h2*3-10,13,17H,2,11H2,1H3;1-10H;2*1H;/q2*-1;;;;+2/p-2.